The van der Waals surface area contributed by atoms with Gasteiger partial charge in [-0.05, 0) is 37.3 Å². The van der Waals surface area contributed by atoms with E-state index in [1.54, 1.807) is 6.92 Å². The minimum atomic E-state index is 0.539. The van der Waals surface area contributed by atoms with Gasteiger partial charge in [-0.2, -0.15) is 4.98 Å². The molecule has 0 spiro atoms. The number of aromatic nitrogens is 5. The van der Waals surface area contributed by atoms with Gasteiger partial charge in [0.05, 0.1) is 5.75 Å². The lowest BCUT2D eigenvalue weighted by atomic mass is 10.1. The first kappa shape index (κ1) is 17.8. The van der Waals surface area contributed by atoms with Crippen LogP contribution in [0.25, 0.3) is 17.1 Å². The molecule has 0 unspecified atom stereocenters. The second-order valence-electron chi connectivity index (χ2n) is 6.01. The Morgan fingerprint density at radius 3 is 2.59 bits per heavy atom. The molecule has 0 aliphatic rings. The molecule has 0 amide bonds. The molecule has 2 aromatic carbocycles. The van der Waals surface area contributed by atoms with Gasteiger partial charge < -0.3 is 4.52 Å². The van der Waals surface area contributed by atoms with Crippen molar-refractivity contribution in [3.63, 3.8) is 0 Å². The zero-order valence-electron chi connectivity index (χ0n) is 14.8. The van der Waals surface area contributed by atoms with Gasteiger partial charge in [0.2, 0.25) is 5.89 Å². The normalized spacial score (nSPS) is 11.1. The van der Waals surface area contributed by atoms with Crippen molar-refractivity contribution in [2.24, 2.45) is 0 Å². The van der Waals surface area contributed by atoms with Crippen LogP contribution in [0.2, 0.25) is 5.02 Å². The molecule has 0 aliphatic carbocycles. The second-order valence-corrected chi connectivity index (χ2v) is 7.38. The van der Waals surface area contributed by atoms with Crippen molar-refractivity contribution in [3.8, 4) is 17.1 Å². The standard InChI is InChI=1S/C19H16ClN5OS/c1-12-4-3-5-14(10-12)18-22-23-19(27-11-17-21-13(2)26-24-17)25(18)16-8-6-15(20)7-9-16/h3-10H,11H2,1-2H3. The molecule has 2 aromatic heterocycles. The molecule has 0 fully saturated rings. The van der Waals surface area contributed by atoms with Crippen LogP contribution < -0.4 is 0 Å². The third-order valence-electron chi connectivity index (χ3n) is 3.89. The molecule has 0 aliphatic heterocycles. The Hall–Kier alpha value is -2.64. The third kappa shape index (κ3) is 3.89. The number of benzene rings is 2. The van der Waals surface area contributed by atoms with Crippen molar-refractivity contribution in [2.45, 2.75) is 24.8 Å². The molecule has 136 valence electrons. The summed E-state index contributed by atoms with van der Waals surface area (Å²) < 4.78 is 7.05. The van der Waals surface area contributed by atoms with Gasteiger partial charge in [-0.15, -0.1) is 10.2 Å². The molecular weight excluding hydrogens is 382 g/mol. The lowest BCUT2D eigenvalue weighted by molar-refractivity contribution is 0.389. The van der Waals surface area contributed by atoms with Gasteiger partial charge in [0.15, 0.2) is 16.8 Å². The Labute approximate surface area is 165 Å². The van der Waals surface area contributed by atoms with Crippen LogP contribution in [-0.4, -0.2) is 24.9 Å². The van der Waals surface area contributed by atoms with Crippen LogP contribution in [0.3, 0.4) is 0 Å². The molecule has 0 bridgehead atoms. The predicted octanol–water partition coefficient (Wildman–Crippen LogP) is 4.88. The first-order valence-corrected chi connectivity index (χ1v) is 9.67. The molecular formula is C19H16ClN5OS. The fourth-order valence-electron chi connectivity index (χ4n) is 2.69. The molecule has 8 heteroatoms. The molecule has 0 saturated carbocycles. The maximum absolute atomic E-state index is 6.06. The van der Waals surface area contributed by atoms with E-state index in [2.05, 4.69) is 39.4 Å². The van der Waals surface area contributed by atoms with Crippen LogP contribution in [0.5, 0.6) is 0 Å². The van der Waals surface area contributed by atoms with Gasteiger partial charge >= 0.3 is 0 Å². The van der Waals surface area contributed by atoms with Crippen LogP contribution in [0.1, 0.15) is 17.3 Å². The number of hydrogen-bond donors (Lipinski definition) is 0. The fourth-order valence-corrected chi connectivity index (χ4v) is 3.61. The fraction of sp³-hybridized carbons (Fsp3) is 0.158. The average molecular weight is 398 g/mol. The number of rotatable bonds is 5. The number of nitrogens with zero attached hydrogens (tertiary/aromatic N) is 5. The van der Waals surface area contributed by atoms with Gasteiger partial charge in [0.1, 0.15) is 0 Å². The van der Waals surface area contributed by atoms with Gasteiger partial charge in [-0.3, -0.25) is 4.57 Å². The highest BCUT2D eigenvalue weighted by Gasteiger charge is 2.17. The summed E-state index contributed by atoms with van der Waals surface area (Å²) in [5.41, 5.74) is 3.10. The molecule has 4 rings (SSSR count). The maximum atomic E-state index is 6.06. The van der Waals surface area contributed by atoms with E-state index >= 15 is 0 Å². The number of hydrogen-bond acceptors (Lipinski definition) is 6. The van der Waals surface area contributed by atoms with Crippen molar-refractivity contribution >= 4 is 23.4 Å². The summed E-state index contributed by atoms with van der Waals surface area (Å²) in [4.78, 5) is 4.24. The summed E-state index contributed by atoms with van der Waals surface area (Å²) in [5, 5.41) is 14.2. The molecule has 6 nitrogen and oxygen atoms in total. The van der Waals surface area contributed by atoms with Crippen LogP contribution in [0, 0.1) is 13.8 Å². The first-order valence-electron chi connectivity index (χ1n) is 8.30. The monoisotopic (exact) mass is 397 g/mol. The second kappa shape index (κ2) is 7.54. The molecule has 2 heterocycles. The lowest BCUT2D eigenvalue weighted by Crippen LogP contribution is -2.00. The van der Waals surface area contributed by atoms with Crippen molar-refractivity contribution in [3.05, 3.63) is 70.8 Å². The Bertz CT molecular complexity index is 1070. The van der Waals surface area contributed by atoms with Crippen LogP contribution >= 0.6 is 23.4 Å². The van der Waals surface area contributed by atoms with Crippen molar-refractivity contribution in [1.29, 1.82) is 0 Å². The predicted molar refractivity (Wildman–Crippen MR) is 105 cm³/mol. The summed E-state index contributed by atoms with van der Waals surface area (Å²) in [5.74, 6) is 2.48. The molecule has 4 aromatic rings. The first-order chi connectivity index (χ1) is 13.1. The highest BCUT2D eigenvalue weighted by atomic mass is 35.5. The average Bonchev–Trinajstić information content (AvgIpc) is 3.27. The van der Waals surface area contributed by atoms with Crippen LogP contribution in [-0.2, 0) is 5.75 Å². The zero-order valence-corrected chi connectivity index (χ0v) is 16.3. The molecule has 0 saturated heterocycles. The van der Waals surface area contributed by atoms with Gasteiger partial charge in [0.25, 0.3) is 0 Å². The van der Waals surface area contributed by atoms with E-state index in [0.29, 0.717) is 22.5 Å². The Morgan fingerprint density at radius 1 is 1.07 bits per heavy atom. The van der Waals surface area contributed by atoms with Crippen molar-refractivity contribution in [1.82, 2.24) is 24.9 Å². The Kier molecular flexibility index (Phi) is 4.96. The van der Waals surface area contributed by atoms with E-state index in [9.17, 15) is 0 Å². The smallest absolute Gasteiger partial charge is 0.223 e. The highest BCUT2D eigenvalue weighted by Crippen LogP contribution is 2.30. The number of aryl methyl sites for hydroxylation is 2. The van der Waals surface area contributed by atoms with Crippen LogP contribution in [0.4, 0.5) is 0 Å². The quantitative estimate of drug-likeness (QED) is 0.447. The van der Waals surface area contributed by atoms with Gasteiger partial charge in [0, 0.05) is 23.2 Å². The van der Waals surface area contributed by atoms with E-state index < -0.39 is 0 Å². The van der Waals surface area contributed by atoms with E-state index in [0.717, 1.165) is 27.8 Å². The summed E-state index contributed by atoms with van der Waals surface area (Å²) in [6.07, 6.45) is 0. The maximum Gasteiger partial charge on any atom is 0.223 e. The minimum absolute atomic E-state index is 0.539. The topological polar surface area (TPSA) is 69.6 Å². The summed E-state index contributed by atoms with van der Waals surface area (Å²) in [6, 6.07) is 15.8. The Morgan fingerprint density at radius 2 is 1.89 bits per heavy atom. The van der Waals surface area contributed by atoms with Gasteiger partial charge in [-0.1, -0.05) is 52.3 Å². The largest absolute Gasteiger partial charge is 0.340 e. The van der Waals surface area contributed by atoms with E-state index in [1.165, 1.54) is 11.8 Å². The van der Waals surface area contributed by atoms with Crippen molar-refractivity contribution in [2.75, 3.05) is 0 Å². The number of thioether (sulfide) groups is 1. The Balaban J connectivity index is 1.75. The molecule has 27 heavy (non-hydrogen) atoms. The SMILES string of the molecule is Cc1cccc(-c2nnc(SCc3noc(C)n3)n2-c2ccc(Cl)cc2)c1. The van der Waals surface area contributed by atoms with E-state index in [1.807, 2.05) is 41.0 Å². The van der Waals surface area contributed by atoms with Gasteiger partial charge in [-0.25, -0.2) is 0 Å². The zero-order chi connectivity index (χ0) is 18.8. The minimum Gasteiger partial charge on any atom is -0.340 e. The molecule has 0 radical (unpaired) electrons. The number of halogens is 1. The summed E-state index contributed by atoms with van der Waals surface area (Å²) >= 11 is 7.56. The van der Waals surface area contributed by atoms with Crippen LogP contribution in [0.15, 0.2) is 58.2 Å². The summed E-state index contributed by atoms with van der Waals surface area (Å²) in [7, 11) is 0. The molecule has 0 atom stereocenters. The summed E-state index contributed by atoms with van der Waals surface area (Å²) in [6.45, 7) is 3.83. The molecule has 0 N–H and O–H groups in total. The van der Waals surface area contributed by atoms with E-state index in [-0.39, 0.29) is 0 Å². The third-order valence-corrected chi connectivity index (χ3v) is 5.07. The van der Waals surface area contributed by atoms with Crippen molar-refractivity contribution < 1.29 is 4.52 Å². The lowest BCUT2D eigenvalue weighted by Gasteiger charge is -2.10. The highest BCUT2D eigenvalue weighted by molar-refractivity contribution is 7.98. The van der Waals surface area contributed by atoms with E-state index in [4.69, 9.17) is 16.1 Å².